The van der Waals surface area contributed by atoms with Crippen LogP contribution in [0.1, 0.15) is 39.1 Å². The van der Waals surface area contributed by atoms with E-state index in [-0.39, 0.29) is 30.4 Å². The maximum atomic E-state index is 13.4. The predicted molar refractivity (Wildman–Crippen MR) is 129 cm³/mol. The molecule has 1 amide bonds. The fraction of sp³-hybridized carbons (Fsp3) is 0.240. The third-order valence-electron chi connectivity index (χ3n) is 5.96. The molecule has 4 N–H and O–H groups in total. The van der Waals surface area contributed by atoms with Gasteiger partial charge >= 0.3 is 0 Å². The maximum absolute atomic E-state index is 13.4. The van der Waals surface area contributed by atoms with Crippen molar-refractivity contribution < 1.29 is 19.4 Å². The Morgan fingerprint density at radius 2 is 1.97 bits per heavy atom. The van der Waals surface area contributed by atoms with E-state index in [2.05, 4.69) is 30.6 Å². The Morgan fingerprint density at radius 1 is 1.11 bits per heavy atom. The molecule has 0 unspecified atom stereocenters. The highest BCUT2D eigenvalue weighted by molar-refractivity contribution is 6.18. The molecule has 1 aromatic carbocycles. The molecule has 35 heavy (non-hydrogen) atoms. The van der Waals surface area contributed by atoms with Crippen LogP contribution in [-0.2, 0) is 4.74 Å². The molecule has 2 atom stereocenters. The van der Waals surface area contributed by atoms with E-state index < -0.39 is 0 Å². The fourth-order valence-corrected chi connectivity index (χ4v) is 4.07. The molecule has 5 rings (SSSR count). The molecule has 10 heteroatoms. The van der Waals surface area contributed by atoms with Gasteiger partial charge in [0.15, 0.2) is 5.78 Å². The summed E-state index contributed by atoms with van der Waals surface area (Å²) in [5.74, 6) is 0.0779. The van der Waals surface area contributed by atoms with Crippen molar-refractivity contribution in [2.75, 3.05) is 23.8 Å². The molecular weight excluding hydrogens is 448 g/mol. The number of nitrogens with one attached hydrogen (secondary N) is 3. The number of aromatic nitrogens is 4. The van der Waals surface area contributed by atoms with Crippen LogP contribution in [-0.4, -0.2) is 62.1 Å². The molecule has 3 aromatic heterocycles. The standard InChI is InChI=1S/C25H24N6O4/c32-12-19-8-7-18(13-35-19)30-24-21-20(11-27-23(21)28-14-29-24)22(33)15-3-5-17(6-4-15)31-25(34)16-2-1-9-26-10-16/h1-6,9-11,14,18-19,32H,7-8,12-13H2,(H,31,34)(H2,27,28,29,30)/t18-,19-/m0/s1. The molecule has 1 fully saturated rings. The smallest absolute Gasteiger partial charge is 0.257 e. The van der Waals surface area contributed by atoms with Gasteiger partial charge in [-0.25, -0.2) is 9.97 Å². The average molecular weight is 473 g/mol. The molecule has 1 aliphatic heterocycles. The van der Waals surface area contributed by atoms with Crippen molar-refractivity contribution in [1.29, 1.82) is 0 Å². The lowest BCUT2D eigenvalue weighted by Crippen LogP contribution is -2.36. The third-order valence-corrected chi connectivity index (χ3v) is 5.96. The molecule has 10 nitrogen and oxygen atoms in total. The number of fused-ring (bicyclic) bond motifs is 1. The minimum Gasteiger partial charge on any atom is -0.394 e. The normalized spacial score (nSPS) is 17.7. The minimum absolute atomic E-state index is 0.00681. The van der Waals surface area contributed by atoms with Crippen molar-refractivity contribution in [2.24, 2.45) is 0 Å². The van der Waals surface area contributed by atoms with Gasteiger partial charge in [0.2, 0.25) is 0 Å². The molecule has 1 aliphatic rings. The number of aliphatic hydroxyl groups is 1. The van der Waals surface area contributed by atoms with Crippen LogP contribution in [0.5, 0.6) is 0 Å². The molecule has 0 aliphatic carbocycles. The van der Waals surface area contributed by atoms with Crippen LogP contribution in [0.4, 0.5) is 11.5 Å². The van der Waals surface area contributed by atoms with Gasteiger partial charge < -0.3 is 25.5 Å². The number of carbonyl (C=O) groups is 2. The molecular formula is C25H24N6O4. The van der Waals surface area contributed by atoms with Crippen LogP contribution in [0.2, 0.25) is 0 Å². The average Bonchev–Trinajstić information content (AvgIpc) is 3.35. The number of H-pyrrole nitrogens is 1. The predicted octanol–water partition coefficient (Wildman–Crippen LogP) is 2.79. The topological polar surface area (TPSA) is 142 Å². The monoisotopic (exact) mass is 472 g/mol. The lowest BCUT2D eigenvalue weighted by Gasteiger charge is -2.29. The highest BCUT2D eigenvalue weighted by atomic mass is 16.5. The van der Waals surface area contributed by atoms with Crippen LogP contribution < -0.4 is 10.6 Å². The Hall–Kier alpha value is -4.15. The molecule has 4 aromatic rings. The molecule has 4 heterocycles. The Kier molecular flexibility index (Phi) is 6.47. The third kappa shape index (κ3) is 4.88. The number of anilines is 2. The van der Waals surface area contributed by atoms with Gasteiger partial charge in [-0.15, -0.1) is 0 Å². The van der Waals surface area contributed by atoms with Gasteiger partial charge in [-0.2, -0.15) is 0 Å². The van der Waals surface area contributed by atoms with Crippen molar-refractivity contribution in [3.63, 3.8) is 0 Å². The summed E-state index contributed by atoms with van der Waals surface area (Å²) in [6, 6.07) is 10.1. The number of nitrogens with zero attached hydrogens (tertiary/aromatic N) is 3. The molecule has 0 radical (unpaired) electrons. The van der Waals surface area contributed by atoms with Crippen LogP contribution in [0.15, 0.2) is 61.3 Å². The Labute approximate surface area is 200 Å². The number of rotatable bonds is 7. The highest BCUT2D eigenvalue weighted by Gasteiger charge is 2.24. The van der Waals surface area contributed by atoms with Crippen molar-refractivity contribution >= 4 is 34.2 Å². The first-order valence-corrected chi connectivity index (χ1v) is 11.3. The lowest BCUT2D eigenvalue weighted by atomic mass is 10.0. The fourth-order valence-electron chi connectivity index (χ4n) is 4.07. The summed E-state index contributed by atoms with van der Waals surface area (Å²) in [5, 5.41) is 16.0. The lowest BCUT2D eigenvalue weighted by molar-refractivity contribution is -0.0224. The first-order chi connectivity index (χ1) is 17.1. The van der Waals surface area contributed by atoms with Crippen molar-refractivity contribution in [3.05, 3.63) is 78.0 Å². The first-order valence-electron chi connectivity index (χ1n) is 11.3. The van der Waals surface area contributed by atoms with E-state index in [1.807, 2.05) is 0 Å². The van der Waals surface area contributed by atoms with E-state index in [0.29, 0.717) is 45.8 Å². The van der Waals surface area contributed by atoms with Gasteiger partial charge in [0.1, 0.15) is 17.8 Å². The highest BCUT2D eigenvalue weighted by Crippen LogP contribution is 2.28. The summed E-state index contributed by atoms with van der Waals surface area (Å²) in [7, 11) is 0. The second-order valence-corrected chi connectivity index (χ2v) is 8.31. The number of aliphatic hydroxyl groups excluding tert-OH is 1. The number of pyridine rings is 1. The summed E-state index contributed by atoms with van der Waals surface area (Å²) in [4.78, 5) is 41.3. The van der Waals surface area contributed by atoms with Gasteiger partial charge in [-0.1, -0.05) is 0 Å². The largest absolute Gasteiger partial charge is 0.394 e. The summed E-state index contributed by atoms with van der Waals surface area (Å²) >= 11 is 0. The van der Waals surface area contributed by atoms with E-state index in [1.54, 1.807) is 48.8 Å². The van der Waals surface area contributed by atoms with E-state index in [9.17, 15) is 14.7 Å². The summed E-state index contributed by atoms with van der Waals surface area (Å²) in [6.07, 6.45) is 7.58. The van der Waals surface area contributed by atoms with E-state index >= 15 is 0 Å². The number of hydrogen-bond donors (Lipinski definition) is 4. The number of ether oxygens (including phenoxy) is 1. The minimum atomic E-state index is -0.279. The van der Waals surface area contributed by atoms with Gasteiger partial charge in [0.05, 0.1) is 41.9 Å². The summed E-state index contributed by atoms with van der Waals surface area (Å²) in [6.45, 7) is 0.448. The molecule has 178 valence electrons. The number of benzene rings is 1. The summed E-state index contributed by atoms with van der Waals surface area (Å²) in [5.41, 5.74) is 2.48. The molecule has 0 saturated carbocycles. The zero-order valence-electron chi connectivity index (χ0n) is 18.8. The number of ketones is 1. The maximum Gasteiger partial charge on any atom is 0.257 e. The molecule has 0 bridgehead atoms. The Bertz CT molecular complexity index is 1330. The Morgan fingerprint density at radius 3 is 2.69 bits per heavy atom. The second-order valence-electron chi connectivity index (χ2n) is 8.31. The number of hydrogen-bond acceptors (Lipinski definition) is 8. The zero-order valence-corrected chi connectivity index (χ0v) is 18.8. The quantitative estimate of drug-likeness (QED) is 0.301. The van der Waals surface area contributed by atoms with Crippen LogP contribution in [0.3, 0.4) is 0 Å². The molecule has 1 saturated heterocycles. The SMILES string of the molecule is O=C(Nc1ccc(C(=O)c2c[nH]c3ncnc(N[C@H]4CC[C@@H](CO)OC4)c23)cc1)c1cccnc1. The number of carbonyl (C=O) groups excluding carboxylic acids is 2. The van der Waals surface area contributed by atoms with E-state index in [4.69, 9.17) is 4.74 Å². The first kappa shape index (κ1) is 22.6. The van der Waals surface area contributed by atoms with Crippen LogP contribution in [0, 0.1) is 0 Å². The van der Waals surface area contributed by atoms with Crippen LogP contribution >= 0.6 is 0 Å². The zero-order chi connectivity index (χ0) is 24.2. The van der Waals surface area contributed by atoms with E-state index in [1.165, 1.54) is 12.5 Å². The molecule has 0 spiro atoms. The van der Waals surface area contributed by atoms with Gasteiger partial charge in [-0.3, -0.25) is 14.6 Å². The number of aromatic amines is 1. The van der Waals surface area contributed by atoms with E-state index in [0.717, 1.165) is 12.8 Å². The second kappa shape index (κ2) is 10.00. The van der Waals surface area contributed by atoms with Crippen LogP contribution in [0.25, 0.3) is 11.0 Å². The van der Waals surface area contributed by atoms with Crippen molar-refractivity contribution in [3.8, 4) is 0 Å². The van der Waals surface area contributed by atoms with Gasteiger partial charge in [0.25, 0.3) is 5.91 Å². The Balaban J connectivity index is 1.34. The van der Waals surface area contributed by atoms with Gasteiger partial charge in [-0.05, 0) is 49.2 Å². The summed E-state index contributed by atoms with van der Waals surface area (Å²) < 4.78 is 5.66. The number of amides is 1. The van der Waals surface area contributed by atoms with Crippen molar-refractivity contribution in [1.82, 2.24) is 19.9 Å². The van der Waals surface area contributed by atoms with Gasteiger partial charge in [0, 0.05) is 29.8 Å². The van der Waals surface area contributed by atoms with Crippen molar-refractivity contribution in [2.45, 2.75) is 25.0 Å².